The molecule has 0 saturated heterocycles. The second kappa shape index (κ2) is 7.28. The monoisotopic (exact) mass is 379 g/mol. The number of hydrogen-bond donors (Lipinski definition) is 1. The Kier molecular flexibility index (Phi) is 4.68. The molecule has 4 aromatic rings. The molecule has 0 bridgehead atoms. The maximum Gasteiger partial charge on any atom is 0.226 e. The summed E-state index contributed by atoms with van der Waals surface area (Å²) in [7, 11) is 0. The van der Waals surface area contributed by atoms with Gasteiger partial charge in [-0.2, -0.15) is 9.97 Å². The molecule has 8 heteroatoms. The summed E-state index contributed by atoms with van der Waals surface area (Å²) < 4.78 is 1.97. The van der Waals surface area contributed by atoms with E-state index >= 15 is 0 Å². The Bertz CT molecular complexity index is 1060. The first-order valence-electron chi connectivity index (χ1n) is 8.62. The fourth-order valence-corrected chi connectivity index (χ4v) is 2.94. The molecular formula is C19H18ClN7. The number of rotatable bonds is 5. The van der Waals surface area contributed by atoms with Crippen LogP contribution in [0.2, 0.25) is 5.28 Å². The Balaban J connectivity index is 1.55. The van der Waals surface area contributed by atoms with Crippen molar-refractivity contribution < 1.29 is 0 Å². The number of fused-ring (bicyclic) bond motifs is 1. The summed E-state index contributed by atoms with van der Waals surface area (Å²) in [4.78, 5) is 21.8. The first-order valence-corrected chi connectivity index (χ1v) is 9.00. The maximum absolute atomic E-state index is 6.11. The quantitative estimate of drug-likeness (QED) is 0.525. The molecule has 0 aliphatic heterocycles. The van der Waals surface area contributed by atoms with E-state index in [1.165, 1.54) is 0 Å². The van der Waals surface area contributed by atoms with Gasteiger partial charge < -0.3 is 9.88 Å². The fraction of sp³-hybridized carbons (Fsp3) is 0.211. The summed E-state index contributed by atoms with van der Waals surface area (Å²) in [6, 6.07) is 9.96. The molecule has 4 heterocycles. The van der Waals surface area contributed by atoms with E-state index in [-0.39, 0.29) is 11.3 Å². The molecule has 0 saturated carbocycles. The number of pyridine rings is 2. The average Bonchev–Trinajstić information content (AvgIpc) is 3.11. The zero-order chi connectivity index (χ0) is 18.8. The van der Waals surface area contributed by atoms with Crippen molar-refractivity contribution >= 4 is 28.6 Å². The molecule has 0 aliphatic carbocycles. The highest BCUT2D eigenvalue weighted by atomic mass is 35.5. The molecule has 0 aliphatic rings. The molecular weight excluding hydrogens is 362 g/mol. The molecule has 0 aromatic carbocycles. The van der Waals surface area contributed by atoms with Crippen molar-refractivity contribution in [3.8, 4) is 11.4 Å². The van der Waals surface area contributed by atoms with Gasteiger partial charge in [-0.3, -0.25) is 9.97 Å². The van der Waals surface area contributed by atoms with E-state index in [1.807, 2.05) is 41.1 Å². The number of hydrogen-bond acceptors (Lipinski definition) is 6. The molecule has 4 rings (SSSR count). The molecule has 7 nitrogen and oxygen atoms in total. The van der Waals surface area contributed by atoms with Crippen LogP contribution in [0.4, 0.5) is 5.82 Å². The highest BCUT2D eigenvalue weighted by molar-refractivity contribution is 6.28. The highest BCUT2D eigenvalue weighted by Gasteiger charge is 2.14. The molecule has 1 N–H and O–H groups in total. The van der Waals surface area contributed by atoms with Crippen LogP contribution >= 0.6 is 11.6 Å². The second-order valence-electron chi connectivity index (χ2n) is 6.38. The summed E-state index contributed by atoms with van der Waals surface area (Å²) in [5.74, 6) is 0.609. The first-order chi connectivity index (χ1) is 13.1. The van der Waals surface area contributed by atoms with E-state index in [0.717, 1.165) is 22.6 Å². The molecule has 0 amide bonds. The minimum absolute atomic E-state index is 0.191. The van der Waals surface area contributed by atoms with Crippen molar-refractivity contribution in [3.63, 3.8) is 0 Å². The zero-order valence-electron chi connectivity index (χ0n) is 15.0. The number of nitrogens with one attached hydrogen (secondary N) is 1. The first kappa shape index (κ1) is 17.4. The third-order valence-electron chi connectivity index (χ3n) is 4.16. The third-order valence-corrected chi connectivity index (χ3v) is 4.33. The van der Waals surface area contributed by atoms with Crippen molar-refractivity contribution in [1.82, 2.24) is 29.5 Å². The topological polar surface area (TPSA) is 81.4 Å². The number of halogens is 1. The largest absolute Gasteiger partial charge is 0.364 e. The molecule has 0 unspecified atom stereocenters. The molecule has 136 valence electrons. The van der Waals surface area contributed by atoms with E-state index in [4.69, 9.17) is 11.6 Å². The number of nitrogens with zero attached hydrogens (tertiary/aromatic N) is 6. The highest BCUT2D eigenvalue weighted by Crippen LogP contribution is 2.24. The van der Waals surface area contributed by atoms with Crippen LogP contribution in [-0.4, -0.2) is 29.5 Å². The van der Waals surface area contributed by atoms with Gasteiger partial charge in [0, 0.05) is 25.0 Å². The van der Waals surface area contributed by atoms with Crippen LogP contribution < -0.4 is 5.32 Å². The number of imidazole rings is 1. The predicted octanol–water partition coefficient (Wildman–Crippen LogP) is 4.13. The van der Waals surface area contributed by atoms with Gasteiger partial charge in [-0.15, -0.1) is 0 Å². The molecule has 0 fully saturated rings. The van der Waals surface area contributed by atoms with E-state index in [0.29, 0.717) is 17.9 Å². The summed E-state index contributed by atoms with van der Waals surface area (Å²) >= 11 is 6.11. The second-order valence-corrected chi connectivity index (χ2v) is 6.72. The van der Waals surface area contributed by atoms with Crippen molar-refractivity contribution in [1.29, 1.82) is 0 Å². The van der Waals surface area contributed by atoms with Gasteiger partial charge in [0.1, 0.15) is 0 Å². The zero-order valence-corrected chi connectivity index (χ0v) is 15.7. The van der Waals surface area contributed by atoms with Gasteiger partial charge in [0.15, 0.2) is 17.0 Å². The fourth-order valence-electron chi connectivity index (χ4n) is 2.77. The van der Waals surface area contributed by atoms with Gasteiger partial charge in [0.05, 0.1) is 17.7 Å². The van der Waals surface area contributed by atoms with E-state index in [2.05, 4.69) is 44.1 Å². The smallest absolute Gasteiger partial charge is 0.226 e. The summed E-state index contributed by atoms with van der Waals surface area (Å²) in [5, 5.41) is 3.48. The molecule has 0 spiro atoms. The van der Waals surface area contributed by atoms with Crippen LogP contribution in [0, 0.1) is 0 Å². The van der Waals surface area contributed by atoms with Crippen LogP contribution in [-0.2, 0) is 6.54 Å². The molecule has 4 aromatic heterocycles. The van der Waals surface area contributed by atoms with Gasteiger partial charge in [-0.25, -0.2) is 4.98 Å². The van der Waals surface area contributed by atoms with E-state index in [1.54, 1.807) is 12.5 Å². The summed E-state index contributed by atoms with van der Waals surface area (Å²) in [5.41, 5.74) is 4.12. The van der Waals surface area contributed by atoms with Gasteiger partial charge in [0.2, 0.25) is 5.28 Å². The molecule has 0 atom stereocenters. The van der Waals surface area contributed by atoms with E-state index in [9.17, 15) is 0 Å². The summed E-state index contributed by atoms with van der Waals surface area (Å²) in [6.45, 7) is 4.69. The van der Waals surface area contributed by atoms with Crippen molar-refractivity contribution in [3.05, 3.63) is 59.9 Å². The lowest BCUT2D eigenvalue weighted by atomic mass is 10.2. The normalized spacial score (nSPS) is 11.3. The summed E-state index contributed by atoms with van der Waals surface area (Å²) in [6.07, 6.45) is 5.34. The Morgan fingerprint density at radius 2 is 1.89 bits per heavy atom. The molecule has 27 heavy (non-hydrogen) atoms. The average molecular weight is 380 g/mol. The number of aromatic nitrogens is 6. The standard InChI is InChI=1S/C19H18ClN7/c1-12(2)27-11-24-16-17(25-19(20)26-18(16)27)23-10-13-6-7-15(22-9-13)14-5-3-4-8-21-14/h3-9,11-12H,10H2,1-2H3,(H,23,25,26). The third kappa shape index (κ3) is 3.59. The minimum Gasteiger partial charge on any atom is -0.364 e. The lowest BCUT2D eigenvalue weighted by Crippen LogP contribution is -2.05. The Hall–Kier alpha value is -3.06. The van der Waals surface area contributed by atoms with Crippen LogP contribution in [0.3, 0.4) is 0 Å². The van der Waals surface area contributed by atoms with Crippen LogP contribution in [0.25, 0.3) is 22.6 Å². The minimum atomic E-state index is 0.191. The Labute approximate surface area is 161 Å². The Morgan fingerprint density at radius 1 is 1.04 bits per heavy atom. The van der Waals surface area contributed by atoms with Gasteiger partial charge in [0.25, 0.3) is 0 Å². The molecule has 0 radical (unpaired) electrons. The van der Waals surface area contributed by atoms with Gasteiger partial charge >= 0.3 is 0 Å². The van der Waals surface area contributed by atoms with Gasteiger partial charge in [-0.05, 0) is 49.2 Å². The number of anilines is 1. The van der Waals surface area contributed by atoms with Gasteiger partial charge in [-0.1, -0.05) is 12.1 Å². The maximum atomic E-state index is 6.11. The SMILES string of the molecule is CC(C)n1cnc2c(NCc3ccc(-c4ccccn4)nc3)nc(Cl)nc21. The van der Waals surface area contributed by atoms with Crippen LogP contribution in [0.15, 0.2) is 49.1 Å². The van der Waals surface area contributed by atoms with Crippen molar-refractivity contribution in [2.75, 3.05) is 5.32 Å². The van der Waals surface area contributed by atoms with Crippen LogP contribution in [0.1, 0.15) is 25.5 Å². The van der Waals surface area contributed by atoms with E-state index < -0.39 is 0 Å². The van der Waals surface area contributed by atoms with Crippen molar-refractivity contribution in [2.45, 2.75) is 26.4 Å². The lowest BCUT2D eigenvalue weighted by Gasteiger charge is -2.09. The van der Waals surface area contributed by atoms with Crippen LogP contribution in [0.5, 0.6) is 0 Å². The predicted molar refractivity (Wildman–Crippen MR) is 106 cm³/mol. The van der Waals surface area contributed by atoms with Crippen molar-refractivity contribution in [2.24, 2.45) is 0 Å². The Morgan fingerprint density at radius 3 is 2.59 bits per heavy atom. The lowest BCUT2D eigenvalue weighted by molar-refractivity contribution is 0.612.